The van der Waals surface area contributed by atoms with Crippen molar-refractivity contribution in [2.75, 3.05) is 13.7 Å². The van der Waals surface area contributed by atoms with Gasteiger partial charge in [-0.25, -0.2) is 4.79 Å². The van der Waals surface area contributed by atoms with Gasteiger partial charge in [0.05, 0.1) is 6.10 Å². The highest BCUT2D eigenvalue weighted by molar-refractivity contribution is 5.88. The second-order valence-electron chi connectivity index (χ2n) is 7.21. The van der Waals surface area contributed by atoms with E-state index in [9.17, 15) is 14.7 Å². The zero-order valence-corrected chi connectivity index (χ0v) is 14.4. The lowest BCUT2D eigenvalue weighted by Gasteiger charge is -2.21. The number of hydrogen-bond acceptors (Lipinski definition) is 3. The molecule has 3 rings (SSSR count). The molecule has 4 atom stereocenters. The third-order valence-corrected chi connectivity index (χ3v) is 5.30. The maximum Gasteiger partial charge on any atom is 0.326 e. The molecule has 1 aromatic rings. The number of hydrogen-bond donors (Lipinski definition) is 1. The summed E-state index contributed by atoms with van der Waals surface area (Å²) in [5, 5.41) is 9.36. The minimum Gasteiger partial charge on any atom is -0.480 e. The van der Waals surface area contributed by atoms with Crippen molar-refractivity contribution < 1.29 is 19.4 Å². The van der Waals surface area contributed by atoms with Crippen LogP contribution in [0.4, 0.5) is 0 Å². The van der Waals surface area contributed by atoms with E-state index in [2.05, 4.69) is 38.1 Å². The number of benzene rings is 1. The fraction of sp³-hybridized carbons (Fsp3) is 0.579. The lowest BCUT2D eigenvalue weighted by molar-refractivity contribution is -0.148. The van der Waals surface area contributed by atoms with E-state index in [1.54, 1.807) is 7.11 Å². The summed E-state index contributed by atoms with van der Waals surface area (Å²) < 4.78 is 5.26. The van der Waals surface area contributed by atoms with Crippen molar-refractivity contribution in [1.82, 2.24) is 4.90 Å². The molecule has 1 heterocycles. The first-order valence-corrected chi connectivity index (χ1v) is 8.58. The molecule has 1 N–H and O–H groups in total. The Labute approximate surface area is 142 Å². The number of carbonyl (C=O) groups is 2. The van der Waals surface area contributed by atoms with E-state index in [4.69, 9.17) is 4.74 Å². The minimum absolute atomic E-state index is 0.0418. The Balaban J connectivity index is 1.67. The van der Waals surface area contributed by atoms with Gasteiger partial charge >= 0.3 is 5.97 Å². The van der Waals surface area contributed by atoms with Crippen LogP contribution in [0.5, 0.6) is 0 Å². The minimum atomic E-state index is -0.943. The van der Waals surface area contributed by atoms with E-state index in [1.165, 1.54) is 16.0 Å². The Morgan fingerprint density at radius 1 is 1.21 bits per heavy atom. The van der Waals surface area contributed by atoms with E-state index < -0.39 is 12.0 Å². The average molecular weight is 331 g/mol. The number of nitrogens with zero attached hydrogens (tertiary/aromatic N) is 1. The van der Waals surface area contributed by atoms with Crippen LogP contribution in [0.2, 0.25) is 0 Å². The maximum absolute atomic E-state index is 12.7. The largest absolute Gasteiger partial charge is 0.480 e. The summed E-state index contributed by atoms with van der Waals surface area (Å²) >= 11 is 0. The van der Waals surface area contributed by atoms with Gasteiger partial charge in [0.1, 0.15) is 6.04 Å². The van der Waals surface area contributed by atoms with E-state index in [-0.39, 0.29) is 23.8 Å². The van der Waals surface area contributed by atoms with Crippen LogP contribution in [-0.4, -0.2) is 47.7 Å². The highest BCUT2D eigenvalue weighted by atomic mass is 16.5. The second-order valence-corrected chi connectivity index (χ2v) is 7.21. The summed E-state index contributed by atoms with van der Waals surface area (Å²) in [5.74, 6) is -0.369. The van der Waals surface area contributed by atoms with Gasteiger partial charge in [-0.05, 0) is 29.4 Å². The topological polar surface area (TPSA) is 66.8 Å². The summed E-state index contributed by atoms with van der Waals surface area (Å²) in [6, 6.07) is 7.69. The van der Waals surface area contributed by atoms with Crippen LogP contribution >= 0.6 is 0 Å². The lowest BCUT2D eigenvalue weighted by Crippen LogP contribution is -2.41. The normalized spacial score (nSPS) is 29.1. The van der Waals surface area contributed by atoms with Crippen molar-refractivity contribution in [3.8, 4) is 0 Å². The Morgan fingerprint density at radius 3 is 2.42 bits per heavy atom. The molecule has 5 nitrogen and oxygen atoms in total. The zero-order chi connectivity index (χ0) is 17.4. The van der Waals surface area contributed by atoms with E-state index in [0.29, 0.717) is 18.9 Å². The third-order valence-electron chi connectivity index (χ3n) is 5.30. The molecule has 2 fully saturated rings. The molecule has 1 aromatic carbocycles. The molecule has 1 saturated heterocycles. The fourth-order valence-corrected chi connectivity index (χ4v) is 3.62. The molecule has 130 valence electrons. The molecule has 1 aliphatic carbocycles. The highest BCUT2D eigenvalue weighted by Gasteiger charge is 2.50. The molecule has 0 radical (unpaired) electrons. The van der Waals surface area contributed by atoms with Crippen molar-refractivity contribution >= 4 is 11.9 Å². The summed E-state index contributed by atoms with van der Waals surface area (Å²) in [4.78, 5) is 25.7. The second kappa shape index (κ2) is 6.55. The Bertz CT molecular complexity index is 625. The van der Waals surface area contributed by atoms with Crippen molar-refractivity contribution in [2.45, 2.75) is 50.7 Å². The SMILES string of the molecule is COC1CC(C(=O)O)N(C(=O)C2CC2c2ccc(C(C)C)cc2)C1. The van der Waals surface area contributed by atoms with Crippen molar-refractivity contribution in [3.63, 3.8) is 0 Å². The first kappa shape index (κ1) is 17.0. The molecule has 1 amide bonds. The van der Waals surface area contributed by atoms with Crippen LogP contribution < -0.4 is 0 Å². The predicted octanol–water partition coefficient (Wildman–Crippen LogP) is 2.61. The van der Waals surface area contributed by atoms with Crippen molar-refractivity contribution in [3.05, 3.63) is 35.4 Å². The number of methoxy groups -OCH3 is 1. The van der Waals surface area contributed by atoms with Crippen LogP contribution in [-0.2, 0) is 14.3 Å². The molecule has 0 bridgehead atoms. The van der Waals surface area contributed by atoms with Gasteiger partial charge in [0.15, 0.2) is 0 Å². The standard InChI is InChI=1S/C19H25NO4/c1-11(2)12-4-6-13(7-5-12)15-9-16(15)18(21)20-10-14(24-3)8-17(20)19(22)23/h4-7,11,14-17H,8-10H2,1-3H3,(H,22,23). The number of carboxylic acids is 1. The molecule has 0 spiro atoms. The van der Waals surface area contributed by atoms with Gasteiger partial charge in [0.2, 0.25) is 5.91 Å². The number of amides is 1. The predicted molar refractivity (Wildman–Crippen MR) is 89.9 cm³/mol. The summed E-state index contributed by atoms with van der Waals surface area (Å²) in [7, 11) is 1.56. The zero-order valence-electron chi connectivity index (χ0n) is 14.4. The molecule has 0 aromatic heterocycles. The summed E-state index contributed by atoms with van der Waals surface area (Å²) in [5.41, 5.74) is 2.46. The maximum atomic E-state index is 12.7. The van der Waals surface area contributed by atoms with Gasteiger partial charge in [-0.2, -0.15) is 0 Å². The molecule has 1 aliphatic heterocycles. The monoisotopic (exact) mass is 331 g/mol. The molecular weight excluding hydrogens is 306 g/mol. The van der Waals surface area contributed by atoms with Crippen LogP contribution in [0.25, 0.3) is 0 Å². The van der Waals surface area contributed by atoms with Gasteiger partial charge < -0.3 is 14.7 Å². The summed E-state index contributed by atoms with van der Waals surface area (Å²) in [6.45, 7) is 4.69. The Morgan fingerprint density at radius 2 is 1.88 bits per heavy atom. The average Bonchev–Trinajstić information content (AvgIpc) is 3.24. The van der Waals surface area contributed by atoms with Gasteiger partial charge in [-0.1, -0.05) is 38.1 Å². The van der Waals surface area contributed by atoms with E-state index in [1.807, 2.05) is 0 Å². The number of likely N-dealkylation sites (tertiary alicyclic amines) is 1. The van der Waals surface area contributed by atoms with Crippen molar-refractivity contribution in [1.29, 1.82) is 0 Å². The van der Waals surface area contributed by atoms with Crippen LogP contribution in [0.1, 0.15) is 49.7 Å². The van der Waals surface area contributed by atoms with Crippen LogP contribution in [0, 0.1) is 5.92 Å². The first-order valence-electron chi connectivity index (χ1n) is 8.58. The van der Waals surface area contributed by atoms with Gasteiger partial charge in [0, 0.05) is 26.0 Å². The van der Waals surface area contributed by atoms with Gasteiger partial charge in [-0.3, -0.25) is 4.79 Å². The number of ether oxygens (including phenoxy) is 1. The molecule has 24 heavy (non-hydrogen) atoms. The van der Waals surface area contributed by atoms with E-state index in [0.717, 1.165) is 6.42 Å². The smallest absolute Gasteiger partial charge is 0.326 e. The van der Waals surface area contributed by atoms with Gasteiger partial charge in [-0.15, -0.1) is 0 Å². The fourth-order valence-electron chi connectivity index (χ4n) is 3.62. The van der Waals surface area contributed by atoms with Crippen molar-refractivity contribution in [2.24, 2.45) is 5.92 Å². The molecule has 2 aliphatic rings. The molecular formula is C19H25NO4. The number of rotatable bonds is 5. The lowest BCUT2D eigenvalue weighted by atomic mass is 10.00. The number of aliphatic carboxylic acids is 1. The van der Waals surface area contributed by atoms with Crippen LogP contribution in [0.15, 0.2) is 24.3 Å². The Hall–Kier alpha value is -1.88. The molecule has 4 unspecified atom stereocenters. The first-order chi connectivity index (χ1) is 11.4. The number of carbonyl (C=O) groups excluding carboxylic acids is 1. The molecule has 5 heteroatoms. The third kappa shape index (κ3) is 3.18. The highest BCUT2D eigenvalue weighted by Crippen LogP contribution is 2.49. The Kier molecular flexibility index (Phi) is 4.63. The molecule has 1 saturated carbocycles. The van der Waals surface area contributed by atoms with Gasteiger partial charge in [0.25, 0.3) is 0 Å². The number of carboxylic acid groups (broad SMARTS) is 1. The van der Waals surface area contributed by atoms with E-state index >= 15 is 0 Å². The van der Waals surface area contributed by atoms with Crippen LogP contribution in [0.3, 0.4) is 0 Å². The summed E-state index contributed by atoms with van der Waals surface area (Å²) in [6.07, 6.45) is 0.996. The quantitative estimate of drug-likeness (QED) is 0.900.